The van der Waals surface area contributed by atoms with Crippen LogP contribution in [0.4, 0.5) is 5.69 Å². The van der Waals surface area contributed by atoms with Gasteiger partial charge in [0.1, 0.15) is 5.56 Å². The highest BCUT2D eigenvalue weighted by atomic mass is 16.6. The normalized spacial score (nSPS) is 10.3. The Morgan fingerprint density at radius 3 is 2.15 bits per heavy atom. The summed E-state index contributed by atoms with van der Waals surface area (Å²) in [5, 5.41) is 11.7. The summed E-state index contributed by atoms with van der Waals surface area (Å²) < 4.78 is 15.5. The molecule has 0 aliphatic heterocycles. The summed E-state index contributed by atoms with van der Waals surface area (Å²) in [7, 11) is 5.58. The van der Waals surface area contributed by atoms with Gasteiger partial charge < -0.3 is 19.1 Å². The number of aryl methyl sites for hydroxylation is 1. The second-order valence-electron chi connectivity index (χ2n) is 5.95. The van der Waals surface area contributed by atoms with E-state index in [-0.39, 0.29) is 22.8 Å². The number of ether oxygens (including phenoxy) is 3. The van der Waals surface area contributed by atoms with E-state index in [0.717, 1.165) is 11.1 Å². The first-order chi connectivity index (χ1) is 12.8. The van der Waals surface area contributed by atoms with E-state index in [2.05, 4.69) is 0 Å². The van der Waals surface area contributed by atoms with Gasteiger partial charge in [-0.2, -0.15) is 0 Å². The molecule has 1 amide bonds. The standard InChI is InChI=1S/C19H22N2O6/c1-12-6-8-13(9-7-12)11-20(2)19(22)14-10-15(25-3)17(26-4)18(27-5)16(14)21(23)24/h6-10H,11H2,1-5H3. The molecule has 8 nitrogen and oxygen atoms in total. The van der Waals surface area contributed by atoms with Crippen molar-refractivity contribution in [2.45, 2.75) is 13.5 Å². The van der Waals surface area contributed by atoms with Crippen molar-refractivity contribution in [3.63, 3.8) is 0 Å². The van der Waals surface area contributed by atoms with E-state index < -0.39 is 16.5 Å². The van der Waals surface area contributed by atoms with E-state index in [4.69, 9.17) is 14.2 Å². The molecule has 8 heteroatoms. The molecule has 0 radical (unpaired) electrons. The molecule has 0 aliphatic rings. The number of nitro benzene ring substituents is 1. The van der Waals surface area contributed by atoms with Crippen LogP contribution in [0, 0.1) is 17.0 Å². The molecular formula is C19H22N2O6. The molecule has 2 aromatic rings. The maximum Gasteiger partial charge on any atom is 0.327 e. The molecule has 0 saturated heterocycles. The van der Waals surface area contributed by atoms with E-state index in [1.807, 2.05) is 31.2 Å². The van der Waals surface area contributed by atoms with Crippen molar-refractivity contribution in [2.75, 3.05) is 28.4 Å². The zero-order chi connectivity index (χ0) is 20.1. The molecule has 0 bridgehead atoms. The lowest BCUT2D eigenvalue weighted by Crippen LogP contribution is -2.27. The van der Waals surface area contributed by atoms with E-state index in [1.54, 1.807) is 7.05 Å². The Balaban J connectivity index is 2.50. The zero-order valence-electron chi connectivity index (χ0n) is 15.9. The monoisotopic (exact) mass is 374 g/mol. The molecule has 2 rings (SSSR count). The number of rotatable bonds is 7. The Labute approximate surface area is 157 Å². The topological polar surface area (TPSA) is 91.1 Å². The van der Waals surface area contributed by atoms with E-state index in [0.29, 0.717) is 6.54 Å². The first-order valence-corrected chi connectivity index (χ1v) is 8.12. The Bertz CT molecular complexity index is 848. The Hall–Kier alpha value is -3.29. The minimum absolute atomic E-state index is 0.0597. The van der Waals surface area contributed by atoms with Crippen LogP contribution in [0.5, 0.6) is 17.2 Å². The van der Waals surface area contributed by atoms with Crippen LogP contribution in [0.1, 0.15) is 21.5 Å². The van der Waals surface area contributed by atoms with Gasteiger partial charge in [0.25, 0.3) is 5.91 Å². The molecule has 2 aromatic carbocycles. The van der Waals surface area contributed by atoms with Crippen LogP contribution in [0.3, 0.4) is 0 Å². The Morgan fingerprint density at radius 2 is 1.67 bits per heavy atom. The van der Waals surface area contributed by atoms with Gasteiger partial charge in [-0.15, -0.1) is 0 Å². The fourth-order valence-corrected chi connectivity index (χ4v) is 2.73. The summed E-state index contributed by atoms with van der Waals surface area (Å²) in [6.07, 6.45) is 0. The average Bonchev–Trinajstić information content (AvgIpc) is 2.66. The van der Waals surface area contributed by atoms with Gasteiger partial charge in [0.15, 0.2) is 5.75 Å². The van der Waals surface area contributed by atoms with Crippen LogP contribution in [-0.4, -0.2) is 44.1 Å². The third kappa shape index (κ3) is 4.11. The van der Waals surface area contributed by atoms with E-state index in [1.165, 1.54) is 32.3 Å². The minimum Gasteiger partial charge on any atom is -0.493 e. The van der Waals surface area contributed by atoms with Gasteiger partial charge in [0, 0.05) is 19.7 Å². The van der Waals surface area contributed by atoms with Crippen molar-refractivity contribution >= 4 is 11.6 Å². The van der Waals surface area contributed by atoms with Crippen LogP contribution in [0.15, 0.2) is 30.3 Å². The third-order valence-corrected chi connectivity index (χ3v) is 4.10. The second-order valence-corrected chi connectivity index (χ2v) is 5.95. The summed E-state index contributed by atoms with van der Waals surface area (Å²) in [6, 6.07) is 8.99. The fraction of sp³-hybridized carbons (Fsp3) is 0.316. The first kappa shape index (κ1) is 20.0. The number of carbonyl (C=O) groups excluding carboxylic acids is 1. The van der Waals surface area contributed by atoms with Gasteiger partial charge in [0.05, 0.1) is 26.3 Å². The predicted octanol–water partition coefficient (Wildman–Crippen LogP) is 3.20. The van der Waals surface area contributed by atoms with Crippen LogP contribution in [0.25, 0.3) is 0 Å². The van der Waals surface area contributed by atoms with Crippen LogP contribution in [-0.2, 0) is 6.54 Å². The van der Waals surface area contributed by atoms with Gasteiger partial charge in [-0.1, -0.05) is 29.8 Å². The molecule has 0 unspecified atom stereocenters. The maximum absolute atomic E-state index is 12.9. The molecule has 0 fully saturated rings. The summed E-state index contributed by atoms with van der Waals surface area (Å²) in [5.74, 6) is -0.452. The van der Waals surface area contributed by atoms with Gasteiger partial charge in [-0.25, -0.2) is 0 Å². The van der Waals surface area contributed by atoms with Crippen molar-refractivity contribution in [3.8, 4) is 17.2 Å². The van der Waals surface area contributed by atoms with E-state index in [9.17, 15) is 14.9 Å². The second kappa shape index (κ2) is 8.39. The number of nitrogens with zero attached hydrogens (tertiary/aromatic N) is 2. The molecule has 0 N–H and O–H groups in total. The van der Waals surface area contributed by atoms with Crippen LogP contribution < -0.4 is 14.2 Å². The summed E-state index contributed by atoms with van der Waals surface area (Å²) in [4.78, 5) is 25.3. The number of carbonyl (C=O) groups is 1. The van der Waals surface area contributed by atoms with Crippen molar-refractivity contribution in [1.29, 1.82) is 0 Å². The maximum atomic E-state index is 12.9. The van der Waals surface area contributed by atoms with Gasteiger partial charge in [0.2, 0.25) is 11.5 Å². The SMILES string of the molecule is COc1cc(C(=O)N(C)Cc2ccc(C)cc2)c([N+](=O)[O-])c(OC)c1OC. The van der Waals surface area contributed by atoms with Gasteiger partial charge in [-0.3, -0.25) is 14.9 Å². The first-order valence-electron chi connectivity index (χ1n) is 8.12. The molecule has 0 saturated carbocycles. The number of hydrogen-bond acceptors (Lipinski definition) is 6. The predicted molar refractivity (Wildman–Crippen MR) is 99.7 cm³/mol. The number of hydrogen-bond donors (Lipinski definition) is 0. The molecule has 0 aliphatic carbocycles. The lowest BCUT2D eigenvalue weighted by molar-refractivity contribution is -0.386. The molecule has 0 heterocycles. The third-order valence-electron chi connectivity index (χ3n) is 4.10. The summed E-state index contributed by atoms with van der Waals surface area (Å²) in [6.45, 7) is 2.27. The number of benzene rings is 2. The molecule has 0 spiro atoms. The lowest BCUT2D eigenvalue weighted by atomic mass is 10.1. The smallest absolute Gasteiger partial charge is 0.327 e. The minimum atomic E-state index is -0.659. The fourth-order valence-electron chi connectivity index (χ4n) is 2.73. The van der Waals surface area contributed by atoms with Crippen molar-refractivity contribution in [2.24, 2.45) is 0 Å². The van der Waals surface area contributed by atoms with Crippen molar-refractivity contribution < 1.29 is 23.9 Å². The molecular weight excluding hydrogens is 352 g/mol. The zero-order valence-corrected chi connectivity index (χ0v) is 15.9. The molecule has 0 atom stereocenters. The van der Waals surface area contributed by atoms with Crippen LogP contribution >= 0.6 is 0 Å². The Morgan fingerprint density at radius 1 is 1.07 bits per heavy atom. The number of nitro groups is 1. The van der Waals surface area contributed by atoms with Gasteiger partial charge >= 0.3 is 5.69 Å². The van der Waals surface area contributed by atoms with Crippen molar-refractivity contribution in [1.82, 2.24) is 4.90 Å². The summed E-state index contributed by atoms with van der Waals surface area (Å²) in [5.41, 5.74) is 1.42. The highest BCUT2D eigenvalue weighted by Gasteiger charge is 2.33. The highest BCUT2D eigenvalue weighted by molar-refractivity contribution is 6.00. The molecule has 0 aromatic heterocycles. The molecule has 144 valence electrons. The van der Waals surface area contributed by atoms with Crippen LogP contribution in [0.2, 0.25) is 0 Å². The quantitative estimate of drug-likeness (QED) is 0.546. The summed E-state index contributed by atoms with van der Waals surface area (Å²) >= 11 is 0. The highest BCUT2D eigenvalue weighted by Crippen LogP contribution is 2.46. The van der Waals surface area contributed by atoms with E-state index >= 15 is 0 Å². The molecule has 27 heavy (non-hydrogen) atoms. The lowest BCUT2D eigenvalue weighted by Gasteiger charge is -2.20. The Kier molecular flexibility index (Phi) is 6.23. The largest absolute Gasteiger partial charge is 0.493 e. The van der Waals surface area contributed by atoms with Crippen molar-refractivity contribution in [3.05, 3.63) is 57.1 Å². The average molecular weight is 374 g/mol. The number of amides is 1. The van der Waals surface area contributed by atoms with Gasteiger partial charge in [-0.05, 0) is 12.5 Å². The number of methoxy groups -OCH3 is 3.